The van der Waals surface area contributed by atoms with Crippen LogP contribution in [0, 0.1) is 0 Å². The van der Waals surface area contributed by atoms with Crippen LogP contribution in [0.15, 0.2) is 89.3 Å². The molecule has 0 atom stereocenters. The fourth-order valence-corrected chi connectivity index (χ4v) is 3.34. The van der Waals surface area contributed by atoms with Crippen LogP contribution in [0.2, 0.25) is 0 Å². The highest BCUT2D eigenvalue weighted by Crippen LogP contribution is 2.25. The lowest BCUT2D eigenvalue weighted by atomic mass is 10.0. The van der Waals surface area contributed by atoms with Crippen molar-refractivity contribution in [2.75, 3.05) is 5.43 Å². The number of anilines is 1. The van der Waals surface area contributed by atoms with Gasteiger partial charge in [-0.25, -0.2) is 4.98 Å². The molecule has 0 spiro atoms. The Balaban J connectivity index is 1.41. The molecule has 0 unspecified atom stereocenters. The molecule has 0 amide bonds. The Labute approximate surface area is 161 Å². The predicted molar refractivity (Wildman–Crippen MR) is 112 cm³/mol. The second kappa shape index (κ2) is 7.85. The van der Waals surface area contributed by atoms with Crippen molar-refractivity contribution in [1.82, 2.24) is 4.98 Å². The molecule has 0 saturated heterocycles. The average molecular weight is 371 g/mol. The third-order valence-corrected chi connectivity index (χ3v) is 4.78. The van der Waals surface area contributed by atoms with E-state index in [-0.39, 0.29) is 5.75 Å². The average Bonchev–Trinajstić information content (AvgIpc) is 3.18. The number of benzene rings is 3. The van der Waals surface area contributed by atoms with E-state index in [0.29, 0.717) is 0 Å². The second-order valence-electron chi connectivity index (χ2n) is 5.95. The van der Waals surface area contributed by atoms with Crippen molar-refractivity contribution in [3.63, 3.8) is 0 Å². The van der Waals surface area contributed by atoms with Gasteiger partial charge in [0.05, 0.1) is 11.9 Å². The lowest BCUT2D eigenvalue weighted by Crippen LogP contribution is -1.90. The molecule has 4 nitrogen and oxygen atoms in total. The maximum atomic E-state index is 9.59. The van der Waals surface area contributed by atoms with Gasteiger partial charge in [0, 0.05) is 10.9 Å². The zero-order valence-electron chi connectivity index (χ0n) is 14.4. The molecule has 0 aliphatic rings. The lowest BCUT2D eigenvalue weighted by Gasteiger charge is -2.02. The summed E-state index contributed by atoms with van der Waals surface area (Å²) < 4.78 is 0. The number of nitrogens with zero attached hydrogens (tertiary/aromatic N) is 2. The summed E-state index contributed by atoms with van der Waals surface area (Å²) in [6.07, 6.45) is 1.76. The van der Waals surface area contributed by atoms with Gasteiger partial charge >= 0.3 is 0 Å². The molecule has 132 valence electrons. The van der Waals surface area contributed by atoms with E-state index in [1.54, 1.807) is 18.3 Å². The van der Waals surface area contributed by atoms with Crippen LogP contribution in [0.25, 0.3) is 22.4 Å². The van der Waals surface area contributed by atoms with E-state index in [4.69, 9.17) is 0 Å². The van der Waals surface area contributed by atoms with Gasteiger partial charge < -0.3 is 5.11 Å². The minimum absolute atomic E-state index is 0.264. The summed E-state index contributed by atoms with van der Waals surface area (Å²) in [5.41, 5.74) is 8.01. The summed E-state index contributed by atoms with van der Waals surface area (Å²) in [6, 6.07) is 25.3. The van der Waals surface area contributed by atoms with Gasteiger partial charge in [-0.3, -0.25) is 5.43 Å². The first kappa shape index (κ1) is 17.0. The monoisotopic (exact) mass is 371 g/mol. The minimum atomic E-state index is 0.264. The zero-order valence-corrected chi connectivity index (χ0v) is 15.2. The summed E-state index contributed by atoms with van der Waals surface area (Å²) in [6.45, 7) is 0. The molecule has 1 aromatic heterocycles. The van der Waals surface area contributed by atoms with Crippen LogP contribution in [-0.2, 0) is 0 Å². The first-order valence-electron chi connectivity index (χ1n) is 8.47. The predicted octanol–water partition coefficient (Wildman–Crippen LogP) is 5.63. The van der Waals surface area contributed by atoms with E-state index in [0.717, 1.165) is 33.1 Å². The Kier molecular flexibility index (Phi) is 4.94. The molecule has 0 aliphatic heterocycles. The van der Waals surface area contributed by atoms with Crippen LogP contribution in [0.3, 0.4) is 0 Å². The summed E-state index contributed by atoms with van der Waals surface area (Å²) >= 11 is 1.52. The van der Waals surface area contributed by atoms with Crippen molar-refractivity contribution >= 4 is 22.7 Å². The minimum Gasteiger partial charge on any atom is -0.508 e. The molecule has 4 rings (SSSR count). The Bertz CT molecular complexity index is 1060. The molecule has 0 fully saturated rings. The molecular formula is C22H17N3OS. The second-order valence-corrected chi connectivity index (χ2v) is 6.80. The van der Waals surface area contributed by atoms with Crippen molar-refractivity contribution in [3.05, 3.63) is 89.8 Å². The van der Waals surface area contributed by atoms with Crippen molar-refractivity contribution < 1.29 is 5.11 Å². The highest BCUT2D eigenvalue weighted by Gasteiger charge is 2.03. The summed E-state index contributed by atoms with van der Waals surface area (Å²) in [5, 5.41) is 16.6. The van der Waals surface area contributed by atoms with Crippen LogP contribution in [0.5, 0.6) is 5.75 Å². The Morgan fingerprint density at radius 2 is 1.63 bits per heavy atom. The number of phenolic OH excluding ortho intramolecular Hbond substituents is 1. The number of hydrogen-bond donors (Lipinski definition) is 2. The highest BCUT2D eigenvalue weighted by atomic mass is 32.1. The zero-order chi connectivity index (χ0) is 18.5. The molecule has 3 aromatic carbocycles. The third kappa shape index (κ3) is 4.22. The van der Waals surface area contributed by atoms with Crippen LogP contribution in [-0.4, -0.2) is 16.3 Å². The largest absolute Gasteiger partial charge is 0.508 e. The van der Waals surface area contributed by atoms with E-state index in [9.17, 15) is 5.11 Å². The van der Waals surface area contributed by atoms with Gasteiger partial charge in [-0.15, -0.1) is 11.3 Å². The topological polar surface area (TPSA) is 57.5 Å². The number of hydrazone groups is 1. The fraction of sp³-hybridized carbons (Fsp3) is 0. The molecule has 5 heteroatoms. The van der Waals surface area contributed by atoms with Crippen molar-refractivity contribution in [1.29, 1.82) is 0 Å². The van der Waals surface area contributed by atoms with Gasteiger partial charge in [0.25, 0.3) is 0 Å². The lowest BCUT2D eigenvalue weighted by molar-refractivity contribution is 0.475. The maximum absolute atomic E-state index is 9.59. The normalized spacial score (nSPS) is 11.0. The quantitative estimate of drug-likeness (QED) is 0.353. The van der Waals surface area contributed by atoms with Crippen LogP contribution in [0.4, 0.5) is 5.13 Å². The van der Waals surface area contributed by atoms with Gasteiger partial charge in [0.1, 0.15) is 5.75 Å². The number of phenols is 1. The maximum Gasteiger partial charge on any atom is 0.203 e. The number of hydrogen-bond acceptors (Lipinski definition) is 5. The Morgan fingerprint density at radius 3 is 2.41 bits per heavy atom. The molecule has 4 aromatic rings. The molecule has 0 radical (unpaired) electrons. The third-order valence-electron chi connectivity index (χ3n) is 4.04. The van der Waals surface area contributed by atoms with Crippen molar-refractivity contribution in [3.8, 4) is 28.1 Å². The molecule has 0 saturated carbocycles. The molecule has 1 heterocycles. The van der Waals surface area contributed by atoms with Gasteiger partial charge in [-0.1, -0.05) is 66.7 Å². The van der Waals surface area contributed by atoms with Crippen LogP contribution in [0.1, 0.15) is 5.56 Å². The van der Waals surface area contributed by atoms with E-state index < -0.39 is 0 Å². The summed E-state index contributed by atoms with van der Waals surface area (Å²) in [4.78, 5) is 4.54. The number of rotatable bonds is 5. The number of aromatic nitrogens is 1. The van der Waals surface area contributed by atoms with E-state index in [2.05, 4.69) is 15.5 Å². The standard InChI is InChI=1S/C22H17N3OS/c26-20-8-4-7-19(13-20)17-11-9-16(10-12-17)14-23-25-22-24-21(15-27-22)18-5-2-1-3-6-18/h1-15,26H,(H,24,25). The summed E-state index contributed by atoms with van der Waals surface area (Å²) in [7, 11) is 0. The number of aromatic hydroxyl groups is 1. The first-order chi connectivity index (χ1) is 13.3. The molecule has 0 aliphatic carbocycles. The van der Waals surface area contributed by atoms with Crippen molar-refractivity contribution in [2.24, 2.45) is 5.10 Å². The van der Waals surface area contributed by atoms with Gasteiger partial charge in [0.2, 0.25) is 5.13 Å². The smallest absolute Gasteiger partial charge is 0.203 e. The molecule has 2 N–H and O–H groups in total. The number of thiazole rings is 1. The van der Waals surface area contributed by atoms with Gasteiger partial charge in [-0.05, 0) is 28.8 Å². The van der Waals surface area contributed by atoms with E-state index >= 15 is 0 Å². The fourth-order valence-electron chi connectivity index (χ4n) is 2.68. The van der Waals surface area contributed by atoms with Gasteiger partial charge in [-0.2, -0.15) is 5.10 Å². The Hall–Kier alpha value is -3.44. The SMILES string of the molecule is Oc1cccc(-c2ccc(C=NNc3nc(-c4ccccc4)cs3)cc2)c1. The van der Waals surface area contributed by atoms with E-state index in [1.807, 2.05) is 72.1 Å². The van der Waals surface area contributed by atoms with Gasteiger partial charge in [0.15, 0.2) is 0 Å². The van der Waals surface area contributed by atoms with E-state index in [1.165, 1.54) is 11.3 Å². The van der Waals surface area contributed by atoms with Crippen LogP contribution < -0.4 is 5.43 Å². The summed E-state index contributed by atoms with van der Waals surface area (Å²) in [5.74, 6) is 0.264. The van der Waals surface area contributed by atoms with Crippen LogP contribution >= 0.6 is 11.3 Å². The Morgan fingerprint density at radius 1 is 0.852 bits per heavy atom. The molecule has 27 heavy (non-hydrogen) atoms. The number of nitrogens with one attached hydrogen (secondary N) is 1. The molecule has 0 bridgehead atoms. The molecular weight excluding hydrogens is 354 g/mol. The first-order valence-corrected chi connectivity index (χ1v) is 9.35. The van der Waals surface area contributed by atoms with Crippen molar-refractivity contribution in [2.45, 2.75) is 0 Å². The highest BCUT2D eigenvalue weighted by molar-refractivity contribution is 7.14.